The van der Waals surface area contributed by atoms with Gasteiger partial charge in [0.25, 0.3) is 0 Å². The molecule has 0 saturated carbocycles. The van der Waals surface area contributed by atoms with Gasteiger partial charge in [0.15, 0.2) is 0 Å². The first kappa shape index (κ1) is 11.4. The van der Waals surface area contributed by atoms with E-state index in [0.29, 0.717) is 6.61 Å². The average Bonchev–Trinajstić information content (AvgIpc) is 2.09. The summed E-state index contributed by atoms with van der Waals surface area (Å²) in [6, 6.07) is 0. The Bertz CT molecular complexity index is 148. The summed E-state index contributed by atoms with van der Waals surface area (Å²) < 4.78 is 4.76. The largest absolute Gasteiger partial charge is 0.449 e. The Morgan fingerprint density at radius 3 is 3.00 bits per heavy atom. The number of amides is 1. The molecule has 0 aliphatic heterocycles. The van der Waals surface area contributed by atoms with Crippen molar-refractivity contribution < 1.29 is 9.53 Å². The van der Waals surface area contributed by atoms with Gasteiger partial charge in [0, 0.05) is 12.0 Å². The number of carbonyl (C=O) groups is 1. The van der Waals surface area contributed by atoms with Gasteiger partial charge in [-0.1, -0.05) is 13.0 Å². The van der Waals surface area contributed by atoms with Gasteiger partial charge in [0.2, 0.25) is 0 Å². The van der Waals surface area contributed by atoms with Crippen LogP contribution in [0, 0.1) is 0 Å². The zero-order chi connectivity index (χ0) is 9.23. The second kappa shape index (κ2) is 8.46. The van der Waals surface area contributed by atoms with E-state index in [1.807, 2.05) is 19.3 Å². The van der Waals surface area contributed by atoms with Crippen molar-refractivity contribution in [3.63, 3.8) is 0 Å². The van der Waals surface area contributed by atoms with Crippen LogP contribution in [0.3, 0.4) is 0 Å². The molecular formula is C8H15NO2S. The summed E-state index contributed by atoms with van der Waals surface area (Å²) in [6.07, 6.45) is 5.95. The lowest BCUT2D eigenvalue weighted by atomic mass is 10.5. The first-order valence-electron chi connectivity index (χ1n) is 3.88. The van der Waals surface area contributed by atoms with Gasteiger partial charge >= 0.3 is 6.09 Å². The van der Waals surface area contributed by atoms with Crippen LogP contribution < -0.4 is 5.32 Å². The van der Waals surface area contributed by atoms with Crippen LogP contribution in [-0.2, 0) is 4.74 Å². The second-order valence-corrected chi connectivity index (χ2v) is 3.05. The Hall–Kier alpha value is -0.640. The second-order valence-electron chi connectivity index (χ2n) is 2.14. The molecule has 0 heterocycles. The van der Waals surface area contributed by atoms with Gasteiger partial charge in [-0.25, -0.2) is 4.79 Å². The highest BCUT2D eigenvalue weighted by Crippen LogP contribution is 1.90. The van der Waals surface area contributed by atoms with Crippen LogP contribution in [0.5, 0.6) is 0 Å². The third-order valence-electron chi connectivity index (χ3n) is 1.02. The zero-order valence-electron chi connectivity index (χ0n) is 7.50. The average molecular weight is 189 g/mol. The van der Waals surface area contributed by atoms with E-state index in [1.165, 1.54) is 0 Å². The summed E-state index contributed by atoms with van der Waals surface area (Å²) in [5, 5.41) is 2.50. The summed E-state index contributed by atoms with van der Waals surface area (Å²) in [4.78, 5) is 10.8. The number of ether oxygens (including phenoxy) is 1. The monoisotopic (exact) mass is 189 g/mol. The molecule has 0 aromatic rings. The molecule has 0 spiro atoms. The van der Waals surface area contributed by atoms with Gasteiger partial charge in [0.1, 0.15) is 0 Å². The summed E-state index contributed by atoms with van der Waals surface area (Å²) in [7, 11) is 0. The van der Waals surface area contributed by atoms with Gasteiger partial charge in [-0.15, -0.1) is 0 Å². The standard InChI is InChI=1S/C8H15NO2S/c1-3-6-11-8(10)9-5-4-7-12-2/h4-5H,3,6-7H2,1-2H3,(H,9,10)/b5-4-. The predicted molar refractivity (Wildman–Crippen MR) is 52.3 cm³/mol. The molecule has 12 heavy (non-hydrogen) atoms. The van der Waals surface area contributed by atoms with E-state index in [4.69, 9.17) is 4.74 Å². The minimum atomic E-state index is -0.380. The highest BCUT2D eigenvalue weighted by atomic mass is 32.2. The molecule has 4 heteroatoms. The number of carbonyl (C=O) groups excluding carboxylic acids is 1. The molecule has 1 amide bonds. The number of nitrogens with one attached hydrogen (secondary N) is 1. The molecule has 0 bridgehead atoms. The molecule has 0 aromatic heterocycles. The van der Waals surface area contributed by atoms with Gasteiger partial charge in [-0.2, -0.15) is 11.8 Å². The molecule has 0 unspecified atom stereocenters. The normalized spacial score (nSPS) is 10.2. The minimum Gasteiger partial charge on any atom is -0.449 e. The van der Waals surface area contributed by atoms with Crippen molar-refractivity contribution in [3.05, 3.63) is 12.3 Å². The molecule has 0 aliphatic rings. The topological polar surface area (TPSA) is 38.3 Å². The van der Waals surface area contributed by atoms with Crippen molar-refractivity contribution in [1.82, 2.24) is 5.32 Å². The van der Waals surface area contributed by atoms with Crippen molar-refractivity contribution >= 4 is 17.9 Å². The Balaban J connectivity index is 3.30. The highest BCUT2D eigenvalue weighted by Gasteiger charge is 1.94. The first-order chi connectivity index (χ1) is 5.81. The van der Waals surface area contributed by atoms with E-state index < -0.39 is 0 Å². The molecule has 0 rings (SSSR count). The number of hydrogen-bond acceptors (Lipinski definition) is 3. The molecular weight excluding hydrogens is 174 g/mol. The third-order valence-corrected chi connectivity index (χ3v) is 1.54. The fourth-order valence-electron chi connectivity index (χ4n) is 0.508. The lowest BCUT2D eigenvalue weighted by molar-refractivity contribution is 0.150. The van der Waals surface area contributed by atoms with Crippen LogP contribution in [0.2, 0.25) is 0 Å². The maximum Gasteiger partial charge on any atom is 0.411 e. The predicted octanol–water partition coefficient (Wildman–Crippen LogP) is 2.00. The Morgan fingerprint density at radius 1 is 1.67 bits per heavy atom. The van der Waals surface area contributed by atoms with Gasteiger partial charge in [-0.3, -0.25) is 5.32 Å². The fraction of sp³-hybridized carbons (Fsp3) is 0.625. The summed E-state index contributed by atoms with van der Waals surface area (Å²) >= 11 is 1.69. The Labute approximate surface area is 77.6 Å². The number of thioether (sulfide) groups is 1. The molecule has 0 radical (unpaired) electrons. The van der Waals surface area contributed by atoms with Crippen molar-refractivity contribution in [2.45, 2.75) is 13.3 Å². The van der Waals surface area contributed by atoms with E-state index in [1.54, 1.807) is 18.0 Å². The molecule has 0 aromatic carbocycles. The zero-order valence-corrected chi connectivity index (χ0v) is 8.32. The van der Waals surface area contributed by atoms with Crippen LogP contribution >= 0.6 is 11.8 Å². The Kier molecular flexibility index (Phi) is 8.01. The Morgan fingerprint density at radius 2 is 2.42 bits per heavy atom. The van der Waals surface area contributed by atoms with Gasteiger partial charge in [0.05, 0.1) is 6.61 Å². The molecule has 0 atom stereocenters. The third kappa shape index (κ3) is 7.47. The summed E-state index contributed by atoms with van der Waals surface area (Å²) in [5.74, 6) is 0.897. The molecule has 0 aliphatic carbocycles. The van der Waals surface area contributed by atoms with E-state index in [0.717, 1.165) is 12.2 Å². The maximum atomic E-state index is 10.8. The molecule has 0 fully saturated rings. The van der Waals surface area contributed by atoms with Crippen LogP contribution in [0.4, 0.5) is 4.79 Å². The smallest absolute Gasteiger partial charge is 0.411 e. The van der Waals surface area contributed by atoms with E-state index >= 15 is 0 Å². The lowest BCUT2D eigenvalue weighted by Crippen LogP contribution is -2.18. The molecule has 0 saturated heterocycles. The van der Waals surface area contributed by atoms with Crippen molar-refractivity contribution in [2.24, 2.45) is 0 Å². The minimum absolute atomic E-state index is 0.380. The highest BCUT2D eigenvalue weighted by molar-refractivity contribution is 7.98. The summed E-state index contributed by atoms with van der Waals surface area (Å²) in [6.45, 7) is 2.43. The molecule has 70 valence electrons. The molecule has 1 N–H and O–H groups in total. The number of rotatable bonds is 5. The SMILES string of the molecule is CCCOC(=O)N/C=C\CSC. The van der Waals surface area contributed by atoms with Crippen LogP contribution in [0.15, 0.2) is 12.3 Å². The number of hydrogen-bond donors (Lipinski definition) is 1. The van der Waals surface area contributed by atoms with Crippen LogP contribution in [0.25, 0.3) is 0 Å². The lowest BCUT2D eigenvalue weighted by Gasteiger charge is -2.00. The fourth-order valence-corrected chi connectivity index (χ4v) is 0.796. The van der Waals surface area contributed by atoms with Crippen molar-refractivity contribution in [3.8, 4) is 0 Å². The quantitative estimate of drug-likeness (QED) is 0.719. The molecule has 3 nitrogen and oxygen atoms in total. The van der Waals surface area contributed by atoms with Crippen molar-refractivity contribution in [2.75, 3.05) is 18.6 Å². The number of alkyl carbamates (subject to hydrolysis) is 1. The van der Waals surface area contributed by atoms with E-state index in [9.17, 15) is 4.79 Å². The van der Waals surface area contributed by atoms with Crippen LogP contribution in [-0.4, -0.2) is 24.7 Å². The van der Waals surface area contributed by atoms with E-state index in [-0.39, 0.29) is 6.09 Å². The van der Waals surface area contributed by atoms with E-state index in [2.05, 4.69) is 5.32 Å². The van der Waals surface area contributed by atoms with Crippen molar-refractivity contribution in [1.29, 1.82) is 0 Å². The first-order valence-corrected chi connectivity index (χ1v) is 5.28. The van der Waals surface area contributed by atoms with Gasteiger partial charge < -0.3 is 4.74 Å². The van der Waals surface area contributed by atoms with Crippen LogP contribution in [0.1, 0.15) is 13.3 Å². The summed E-state index contributed by atoms with van der Waals surface area (Å²) in [5.41, 5.74) is 0. The maximum absolute atomic E-state index is 10.8. The van der Waals surface area contributed by atoms with Gasteiger partial charge in [-0.05, 0) is 12.7 Å².